The highest BCUT2D eigenvalue weighted by Gasteiger charge is 2.08. The molecule has 1 atom stereocenters. The summed E-state index contributed by atoms with van der Waals surface area (Å²) in [6.45, 7) is 0. The van der Waals surface area contributed by atoms with E-state index in [2.05, 4.69) is 5.43 Å². The van der Waals surface area contributed by atoms with Gasteiger partial charge in [0.2, 0.25) is 0 Å². The fraction of sp³-hybridized carbons (Fsp3) is 0. The van der Waals surface area contributed by atoms with E-state index < -0.39 is 11.9 Å². The Balaban J connectivity index is 1.93. The van der Waals surface area contributed by atoms with Gasteiger partial charge in [-0.3, -0.25) is 0 Å². The van der Waals surface area contributed by atoms with Crippen molar-refractivity contribution in [2.45, 2.75) is 0 Å². The van der Waals surface area contributed by atoms with Crippen molar-refractivity contribution in [2.24, 2.45) is 0 Å². The van der Waals surface area contributed by atoms with Gasteiger partial charge in [0.05, 0.1) is 5.69 Å². The van der Waals surface area contributed by atoms with Gasteiger partial charge in [0.25, 0.3) is 0 Å². The highest BCUT2D eigenvalue weighted by molar-refractivity contribution is 5.80. The summed E-state index contributed by atoms with van der Waals surface area (Å²) in [6.07, 6.45) is 11.7. The van der Waals surface area contributed by atoms with Crippen LogP contribution in [0, 0.1) is 0 Å². The molecule has 0 heterocycles. The van der Waals surface area contributed by atoms with Crippen molar-refractivity contribution in [3.8, 4) is 0 Å². The first-order valence-electron chi connectivity index (χ1n) is 8.63. The van der Waals surface area contributed by atoms with E-state index in [9.17, 15) is 14.8 Å². The maximum Gasteiger partial charge on any atom is 0.328 e. The van der Waals surface area contributed by atoms with Crippen LogP contribution in [0.4, 0.5) is 11.4 Å². The zero-order chi connectivity index (χ0) is 21.1. The predicted octanol–water partition coefficient (Wildman–Crippen LogP) is 2.93. The molecule has 0 aromatic heterocycles. The van der Waals surface area contributed by atoms with Crippen LogP contribution in [0.15, 0.2) is 85.0 Å². The molecule has 5 N–H and O–H groups in total. The summed E-state index contributed by atoms with van der Waals surface area (Å²) in [6, 6.07) is 14.3. The van der Waals surface area contributed by atoms with E-state index in [1.807, 2.05) is 12.1 Å². The van der Waals surface area contributed by atoms with Crippen LogP contribution in [0.1, 0.15) is 11.1 Å². The molecule has 2 aromatic carbocycles. The molecule has 0 aliphatic rings. The van der Waals surface area contributed by atoms with E-state index in [0.717, 1.165) is 23.3 Å². The smallest absolute Gasteiger partial charge is 0.328 e. The summed E-state index contributed by atoms with van der Waals surface area (Å²) < 4.78 is 0. The van der Waals surface area contributed by atoms with Crippen LogP contribution in [-0.2, 0) is 9.59 Å². The number of allylic oxidation sites excluding steroid dienone is 4. The SMILES string of the molecule is O=C(O)C=CC=Cc1ccc(N[NH+](O)c2ccc(C=CC=CC(=O)O)cc2)cc1. The second-order valence-corrected chi connectivity index (χ2v) is 5.83. The van der Waals surface area contributed by atoms with E-state index in [-0.39, 0.29) is 5.17 Å². The number of benzene rings is 2. The van der Waals surface area contributed by atoms with Gasteiger partial charge in [0.1, 0.15) is 0 Å². The Hall–Kier alpha value is -3.94. The zero-order valence-electron chi connectivity index (χ0n) is 15.4. The monoisotopic (exact) mass is 393 g/mol. The number of hydrogen-bond donors (Lipinski definition) is 5. The lowest BCUT2D eigenvalue weighted by Crippen LogP contribution is -3.08. The minimum Gasteiger partial charge on any atom is -0.478 e. The van der Waals surface area contributed by atoms with Crippen molar-refractivity contribution in [1.29, 1.82) is 0 Å². The second kappa shape index (κ2) is 11.0. The van der Waals surface area contributed by atoms with Crippen molar-refractivity contribution in [2.75, 3.05) is 5.43 Å². The molecule has 7 nitrogen and oxygen atoms in total. The molecule has 0 saturated carbocycles. The Morgan fingerprint density at radius 2 is 1.17 bits per heavy atom. The molecule has 0 aliphatic carbocycles. The van der Waals surface area contributed by atoms with Gasteiger partial charge in [-0.15, -0.1) is 0 Å². The van der Waals surface area contributed by atoms with Gasteiger partial charge in [-0.25, -0.2) is 15.0 Å². The number of anilines is 1. The maximum atomic E-state index is 10.4. The minimum absolute atomic E-state index is 0.000939. The topological polar surface area (TPSA) is 111 Å². The zero-order valence-corrected chi connectivity index (χ0v) is 15.4. The molecule has 1 unspecified atom stereocenters. The molecular formula is C22H21N2O5+. The molecular weight excluding hydrogens is 372 g/mol. The molecule has 0 radical (unpaired) electrons. The molecule has 7 heteroatoms. The molecule has 0 saturated heterocycles. The summed E-state index contributed by atoms with van der Waals surface area (Å²) in [7, 11) is 0. The Bertz CT molecular complexity index is 942. The van der Waals surface area contributed by atoms with Crippen LogP contribution in [0.5, 0.6) is 0 Å². The molecule has 2 aromatic rings. The number of carboxylic acid groups (broad SMARTS) is 2. The lowest BCUT2D eigenvalue weighted by Gasteiger charge is -2.12. The number of quaternary nitrogens is 1. The van der Waals surface area contributed by atoms with Crippen molar-refractivity contribution < 1.29 is 30.2 Å². The maximum absolute atomic E-state index is 10.4. The summed E-state index contributed by atoms with van der Waals surface area (Å²) in [5, 5.41) is 27.3. The van der Waals surface area contributed by atoms with Crippen molar-refractivity contribution in [1.82, 2.24) is 0 Å². The average Bonchev–Trinajstić information content (AvgIpc) is 2.70. The highest BCUT2D eigenvalue weighted by atomic mass is 16.5. The van der Waals surface area contributed by atoms with Gasteiger partial charge >= 0.3 is 11.9 Å². The Labute approximate surface area is 167 Å². The van der Waals surface area contributed by atoms with E-state index in [1.165, 1.54) is 12.2 Å². The number of carboxylic acids is 2. The van der Waals surface area contributed by atoms with Gasteiger partial charge in [-0.1, -0.05) is 53.8 Å². The molecule has 0 aliphatic heterocycles. The first kappa shape index (κ1) is 21.4. The van der Waals surface area contributed by atoms with Crippen LogP contribution in [0.2, 0.25) is 0 Å². The van der Waals surface area contributed by atoms with E-state index >= 15 is 0 Å². The number of rotatable bonds is 9. The van der Waals surface area contributed by atoms with Gasteiger partial charge in [-0.05, 0) is 35.4 Å². The van der Waals surface area contributed by atoms with Crippen LogP contribution in [0.3, 0.4) is 0 Å². The van der Waals surface area contributed by atoms with Gasteiger partial charge in [-0.2, -0.15) is 5.21 Å². The Morgan fingerprint density at radius 1 is 0.724 bits per heavy atom. The average molecular weight is 393 g/mol. The first-order valence-corrected chi connectivity index (χ1v) is 8.63. The highest BCUT2D eigenvalue weighted by Crippen LogP contribution is 2.11. The van der Waals surface area contributed by atoms with E-state index in [0.29, 0.717) is 11.4 Å². The molecule has 148 valence electrons. The largest absolute Gasteiger partial charge is 0.478 e. The van der Waals surface area contributed by atoms with Crippen LogP contribution in [-0.4, -0.2) is 27.4 Å². The molecule has 0 amide bonds. The molecule has 29 heavy (non-hydrogen) atoms. The predicted molar refractivity (Wildman–Crippen MR) is 111 cm³/mol. The molecule has 0 fully saturated rings. The molecule has 0 spiro atoms. The van der Waals surface area contributed by atoms with Crippen molar-refractivity contribution >= 4 is 35.5 Å². The number of carbonyl (C=O) groups is 2. The van der Waals surface area contributed by atoms with Gasteiger partial charge in [0.15, 0.2) is 5.69 Å². The van der Waals surface area contributed by atoms with Gasteiger partial charge in [0, 0.05) is 24.3 Å². The summed E-state index contributed by atoms with van der Waals surface area (Å²) in [5.74, 6) is -2.01. The third-order valence-electron chi connectivity index (χ3n) is 3.63. The van der Waals surface area contributed by atoms with E-state index in [4.69, 9.17) is 10.2 Å². The van der Waals surface area contributed by atoms with Crippen molar-refractivity contribution in [3.05, 3.63) is 96.1 Å². The number of aliphatic carboxylic acids is 2. The first-order chi connectivity index (χ1) is 13.9. The summed E-state index contributed by atoms with van der Waals surface area (Å²) in [4.78, 5) is 20.8. The third kappa shape index (κ3) is 8.08. The van der Waals surface area contributed by atoms with Gasteiger partial charge < -0.3 is 10.2 Å². The lowest BCUT2D eigenvalue weighted by atomic mass is 10.2. The number of hydrogen-bond acceptors (Lipinski definition) is 4. The fourth-order valence-electron chi connectivity index (χ4n) is 2.25. The van der Waals surface area contributed by atoms with Crippen LogP contribution in [0.25, 0.3) is 12.2 Å². The lowest BCUT2D eigenvalue weighted by molar-refractivity contribution is -1.02. The second-order valence-electron chi connectivity index (χ2n) is 5.83. The molecule has 0 bridgehead atoms. The third-order valence-corrected chi connectivity index (χ3v) is 3.63. The quantitative estimate of drug-likeness (QED) is 0.254. The van der Waals surface area contributed by atoms with Crippen molar-refractivity contribution in [3.63, 3.8) is 0 Å². The summed E-state index contributed by atoms with van der Waals surface area (Å²) >= 11 is 0. The Kier molecular flexibility index (Phi) is 8.12. The normalized spacial score (nSPS) is 12.9. The Morgan fingerprint density at radius 3 is 1.62 bits per heavy atom. The van der Waals surface area contributed by atoms with Crippen LogP contribution >= 0.6 is 0 Å². The van der Waals surface area contributed by atoms with Crippen LogP contribution < -0.4 is 10.6 Å². The molecule has 2 rings (SSSR count). The van der Waals surface area contributed by atoms with E-state index in [1.54, 1.807) is 60.7 Å². The minimum atomic E-state index is -1.00. The fourth-order valence-corrected chi connectivity index (χ4v) is 2.25. The standard InChI is InChI=1S/C22H20N2O5/c25-21(26)7-3-1-5-17-9-13-19(14-10-17)23-24(29)20-15-11-18(12-16-20)6-2-4-8-22(27)28/h1-16,23,29H,(H,25,26)(H,27,28)/p+1. The summed E-state index contributed by atoms with van der Waals surface area (Å²) in [5.41, 5.74) is 5.97. The number of nitrogens with one attached hydrogen (secondary N) is 2.